The van der Waals surface area contributed by atoms with Crippen molar-refractivity contribution in [1.29, 1.82) is 0 Å². The first-order valence-electron chi connectivity index (χ1n) is 11.1. The monoisotopic (exact) mass is 423 g/mol. The number of ether oxygens (including phenoxy) is 2. The number of carbonyl (C=O) groups is 1. The summed E-state index contributed by atoms with van der Waals surface area (Å²) in [5.41, 5.74) is 2.37. The van der Waals surface area contributed by atoms with Crippen molar-refractivity contribution in [2.75, 3.05) is 49.7 Å². The van der Waals surface area contributed by atoms with Crippen molar-refractivity contribution < 1.29 is 14.3 Å². The second kappa shape index (κ2) is 8.70. The Kier molecular flexibility index (Phi) is 5.63. The van der Waals surface area contributed by atoms with Crippen LogP contribution in [0.1, 0.15) is 18.4 Å². The molecule has 1 N–H and O–H groups in total. The van der Waals surface area contributed by atoms with Crippen molar-refractivity contribution in [2.45, 2.75) is 31.4 Å². The normalized spacial score (nSPS) is 25.0. The number of rotatable bonds is 5. The van der Waals surface area contributed by atoms with Crippen LogP contribution in [0.3, 0.4) is 0 Å². The van der Waals surface area contributed by atoms with Crippen molar-refractivity contribution in [3.05, 3.63) is 42.4 Å². The molecule has 8 nitrogen and oxygen atoms in total. The number of carbonyl (C=O) groups excluding carboxylic acids is 1. The van der Waals surface area contributed by atoms with Gasteiger partial charge in [-0.25, -0.2) is 4.98 Å². The predicted molar refractivity (Wildman–Crippen MR) is 118 cm³/mol. The summed E-state index contributed by atoms with van der Waals surface area (Å²) in [5.74, 6) is 1.67. The molecule has 1 amide bonds. The summed E-state index contributed by atoms with van der Waals surface area (Å²) in [5, 5.41) is 3.17. The van der Waals surface area contributed by atoms with Crippen LogP contribution in [-0.4, -0.2) is 67.9 Å². The molecule has 31 heavy (non-hydrogen) atoms. The largest absolute Gasteiger partial charge is 0.497 e. The number of benzene rings is 1. The van der Waals surface area contributed by atoms with Gasteiger partial charge in [-0.15, -0.1) is 0 Å². The van der Waals surface area contributed by atoms with E-state index in [2.05, 4.69) is 37.2 Å². The van der Waals surface area contributed by atoms with Gasteiger partial charge in [0.2, 0.25) is 5.91 Å². The Morgan fingerprint density at radius 2 is 2.26 bits per heavy atom. The lowest BCUT2D eigenvalue weighted by Crippen LogP contribution is -2.61. The third kappa shape index (κ3) is 4.04. The molecular formula is C23H29N5O3. The number of piperazine rings is 1. The van der Waals surface area contributed by atoms with Gasteiger partial charge in [-0.05, 0) is 30.9 Å². The van der Waals surface area contributed by atoms with E-state index in [4.69, 9.17) is 9.47 Å². The van der Waals surface area contributed by atoms with Crippen LogP contribution in [0.15, 0.2) is 36.8 Å². The topological polar surface area (TPSA) is 79.8 Å². The van der Waals surface area contributed by atoms with Crippen LogP contribution < -0.4 is 19.9 Å². The van der Waals surface area contributed by atoms with Crippen molar-refractivity contribution in [2.24, 2.45) is 5.92 Å². The van der Waals surface area contributed by atoms with E-state index in [1.165, 1.54) is 11.3 Å². The van der Waals surface area contributed by atoms with Crippen LogP contribution in [0, 0.1) is 5.92 Å². The summed E-state index contributed by atoms with van der Waals surface area (Å²) >= 11 is 0. The summed E-state index contributed by atoms with van der Waals surface area (Å²) < 4.78 is 11.2. The lowest BCUT2D eigenvalue weighted by Gasteiger charge is -2.49. The van der Waals surface area contributed by atoms with E-state index in [0.717, 1.165) is 50.7 Å². The minimum Gasteiger partial charge on any atom is -0.497 e. The highest BCUT2D eigenvalue weighted by atomic mass is 16.5. The Balaban J connectivity index is 1.40. The number of nitrogens with zero attached hydrogens (tertiary/aromatic N) is 4. The Morgan fingerprint density at radius 1 is 1.32 bits per heavy atom. The molecule has 0 spiro atoms. The lowest BCUT2D eigenvalue weighted by atomic mass is 9.83. The van der Waals surface area contributed by atoms with E-state index in [9.17, 15) is 4.79 Å². The van der Waals surface area contributed by atoms with Crippen LogP contribution in [0.5, 0.6) is 5.75 Å². The van der Waals surface area contributed by atoms with E-state index in [1.54, 1.807) is 25.7 Å². The van der Waals surface area contributed by atoms with E-state index >= 15 is 0 Å². The first-order chi connectivity index (χ1) is 15.2. The predicted octanol–water partition coefficient (Wildman–Crippen LogP) is 1.65. The highest BCUT2D eigenvalue weighted by molar-refractivity contribution is 5.82. The molecule has 8 heteroatoms. The average Bonchev–Trinajstić information content (AvgIpc) is 3.35. The van der Waals surface area contributed by atoms with Crippen molar-refractivity contribution in [1.82, 2.24) is 15.3 Å². The van der Waals surface area contributed by atoms with Gasteiger partial charge in [0.15, 0.2) is 0 Å². The SMILES string of the molecule is COc1ccc2c(c1)N1CCN(c3cnccn3)C[C@@H]1[C@@H](C(=O)NC[C@H]1CCCO1)C2. The maximum absolute atomic E-state index is 13.3. The molecular weight excluding hydrogens is 394 g/mol. The molecule has 3 aliphatic heterocycles. The van der Waals surface area contributed by atoms with E-state index in [-0.39, 0.29) is 24.0 Å². The zero-order chi connectivity index (χ0) is 21.2. The highest BCUT2D eigenvalue weighted by Crippen LogP contribution is 2.38. The van der Waals surface area contributed by atoms with Gasteiger partial charge in [0.25, 0.3) is 0 Å². The highest BCUT2D eigenvalue weighted by Gasteiger charge is 2.42. The minimum atomic E-state index is -0.137. The Hall–Kier alpha value is -2.87. The van der Waals surface area contributed by atoms with Crippen LogP contribution in [0.4, 0.5) is 11.5 Å². The van der Waals surface area contributed by atoms with Crippen LogP contribution in [0.2, 0.25) is 0 Å². The first-order valence-corrected chi connectivity index (χ1v) is 11.1. The summed E-state index contributed by atoms with van der Waals surface area (Å²) in [7, 11) is 1.69. The molecule has 0 unspecified atom stereocenters. The standard InChI is InChI=1S/C23H29N5O3/c1-30-17-5-4-16-11-19(23(29)26-13-18-3-2-10-31-18)21-15-27(22-14-24-6-7-25-22)8-9-28(21)20(16)12-17/h4-7,12,14,18-19,21H,2-3,8-11,13,15H2,1H3,(H,26,29)/t18-,19+,21-/m1/s1. The number of anilines is 2. The molecule has 1 aromatic heterocycles. The molecule has 0 bridgehead atoms. The Bertz CT molecular complexity index is 919. The third-order valence-corrected chi connectivity index (χ3v) is 6.66. The molecule has 4 heterocycles. The zero-order valence-corrected chi connectivity index (χ0v) is 17.9. The van der Waals surface area contributed by atoms with Gasteiger partial charge >= 0.3 is 0 Å². The van der Waals surface area contributed by atoms with Crippen LogP contribution in [-0.2, 0) is 16.0 Å². The smallest absolute Gasteiger partial charge is 0.225 e. The number of amides is 1. The maximum atomic E-state index is 13.3. The second-order valence-corrected chi connectivity index (χ2v) is 8.46. The summed E-state index contributed by atoms with van der Waals surface area (Å²) in [6.07, 6.45) is 8.14. The lowest BCUT2D eigenvalue weighted by molar-refractivity contribution is -0.126. The van der Waals surface area contributed by atoms with Gasteiger partial charge in [0.05, 0.1) is 31.4 Å². The van der Waals surface area contributed by atoms with Crippen LogP contribution >= 0.6 is 0 Å². The fourth-order valence-electron chi connectivity index (χ4n) is 5.02. The minimum absolute atomic E-state index is 0.0554. The maximum Gasteiger partial charge on any atom is 0.225 e. The molecule has 0 aliphatic carbocycles. The van der Waals surface area contributed by atoms with Gasteiger partial charge in [0, 0.05) is 56.9 Å². The van der Waals surface area contributed by atoms with Crippen LogP contribution in [0.25, 0.3) is 0 Å². The number of methoxy groups -OCH3 is 1. The second-order valence-electron chi connectivity index (χ2n) is 8.46. The van der Waals surface area contributed by atoms with Gasteiger partial charge < -0.3 is 24.6 Å². The first kappa shape index (κ1) is 20.1. The summed E-state index contributed by atoms with van der Waals surface area (Å²) in [6, 6.07) is 6.23. The molecule has 2 fully saturated rings. The molecule has 5 rings (SSSR count). The molecule has 3 aliphatic rings. The van der Waals surface area contributed by atoms with E-state index in [1.807, 2.05) is 6.07 Å². The molecule has 1 aromatic carbocycles. The number of nitrogens with one attached hydrogen (secondary N) is 1. The number of hydrogen-bond acceptors (Lipinski definition) is 7. The van der Waals surface area contributed by atoms with Gasteiger partial charge in [0.1, 0.15) is 11.6 Å². The Labute approximate surface area is 182 Å². The third-order valence-electron chi connectivity index (χ3n) is 6.66. The average molecular weight is 424 g/mol. The number of fused-ring (bicyclic) bond motifs is 3. The molecule has 0 saturated carbocycles. The quantitative estimate of drug-likeness (QED) is 0.783. The summed E-state index contributed by atoms with van der Waals surface area (Å²) in [6.45, 7) is 3.76. The Morgan fingerprint density at radius 3 is 3.03 bits per heavy atom. The molecule has 2 aromatic rings. The molecule has 164 valence electrons. The zero-order valence-electron chi connectivity index (χ0n) is 17.9. The van der Waals surface area contributed by atoms with E-state index in [0.29, 0.717) is 13.0 Å². The van der Waals surface area contributed by atoms with E-state index < -0.39 is 0 Å². The molecule has 3 atom stereocenters. The van der Waals surface area contributed by atoms with Crippen molar-refractivity contribution >= 4 is 17.4 Å². The van der Waals surface area contributed by atoms with Gasteiger partial charge in [-0.2, -0.15) is 0 Å². The molecule has 0 radical (unpaired) electrons. The van der Waals surface area contributed by atoms with Crippen molar-refractivity contribution in [3.63, 3.8) is 0 Å². The van der Waals surface area contributed by atoms with Gasteiger partial charge in [-0.1, -0.05) is 6.07 Å². The van der Waals surface area contributed by atoms with Gasteiger partial charge in [-0.3, -0.25) is 9.78 Å². The number of hydrogen-bond donors (Lipinski definition) is 1. The fourth-order valence-corrected chi connectivity index (χ4v) is 5.02. The fraction of sp³-hybridized carbons (Fsp3) is 0.522. The summed E-state index contributed by atoms with van der Waals surface area (Å²) in [4.78, 5) is 26.6. The van der Waals surface area contributed by atoms with Crippen molar-refractivity contribution in [3.8, 4) is 5.75 Å². The number of aromatic nitrogens is 2. The molecule has 2 saturated heterocycles.